The molecule has 1 atom stereocenters. The van der Waals surface area contributed by atoms with Crippen LogP contribution in [0.3, 0.4) is 0 Å². The van der Waals surface area contributed by atoms with Crippen LogP contribution in [0.15, 0.2) is 85.1 Å². The van der Waals surface area contributed by atoms with Crippen molar-refractivity contribution in [2.45, 2.75) is 245 Å². The molecule has 0 aromatic carbocycles. The van der Waals surface area contributed by atoms with Gasteiger partial charge in [0.05, 0.1) is 6.61 Å². The minimum absolute atomic E-state index is 0.0418. The highest BCUT2D eigenvalue weighted by Gasteiger charge is 2.17. The highest BCUT2D eigenvalue weighted by atomic mass is 16.6. The first-order chi connectivity index (χ1) is 30.6. The third-order valence-corrected chi connectivity index (χ3v) is 10.9. The van der Waals surface area contributed by atoms with Gasteiger partial charge in [0, 0.05) is 19.4 Å². The minimum atomic E-state index is -0.570. The van der Waals surface area contributed by atoms with Crippen LogP contribution < -0.4 is 0 Å². The first-order valence-corrected chi connectivity index (χ1v) is 26.1. The molecule has 0 aromatic rings. The Morgan fingerprint density at radius 3 is 1.24 bits per heavy atom. The smallest absolute Gasteiger partial charge is 0.306 e. The third-order valence-electron chi connectivity index (χ3n) is 10.9. The van der Waals surface area contributed by atoms with Crippen LogP contribution in [0.4, 0.5) is 0 Å². The predicted molar refractivity (Wildman–Crippen MR) is 270 cm³/mol. The number of allylic oxidation sites excluding steroid dienone is 14. The summed E-state index contributed by atoms with van der Waals surface area (Å²) < 4.78 is 17.3. The summed E-state index contributed by atoms with van der Waals surface area (Å²) in [6.45, 7) is 7.62. The number of hydrogen-bond donors (Lipinski definition) is 0. The Balaban J connectivity index is 4.38. The number of ether oxygens (including phenoxy) is 3. The van der Waals surface area contributed by atoms with Crippen molar-refractivity contribution in [3.05, 3.63) is 85.1 Å². The van der Waals surface area contributed by atoms with Crippen LogP contribution in [0.5, 0.6) is 0 Å². The second-order valence-corrected chi connectivity index (χ2v) is 17.0. The van der Waals surface area contributed by atoms with Crippen molar-refractivity contribution in [2.24, 2.45) is 0 Å². The van der Waals surface area contributed by atoms with E-state index in [1.54, 1.807) is 0 Å². The van der Waals surface area contributed by atoms with Gasteiger partial charge in [0.25, 0.3) is 0 Å². The molecule has 5 heteroatoms. The number of esters is 2. The van der Waals surface area contributed by atoms with E-state index < -0.39 is 6.10 Å². The molecule has 5 nitrogen and oxygen atoms in total. The minimum Gasteiger partial charge on any atom is -0.462 e. The molecule has 1 unspecified atom stereocenters. The molecule has 0 fully saturated rings. The van der Waals surface area contributed by atoms with E-state index in [1.807, 2.05) is 6.08 Å². The van der Waals surface area contributed by atoms with Gasteiger partial charge >= 0.3 is 11.9 Å². The quantitative estimate of drug-likeness (QED) is 0.0346. The van der Waals surface area contributed by atoms with Crippen LogP contribution in [-0.4, -0.2) is 37.9 Å². The molecule has 0 N–H and O–H groups in total. The number of hydrogen-bond acceptors (Lipinski definition) is 5. The maximum absolute atomic E-state index is 12.8. The van der Waals surface area contributed by atoms with Crippen molar-refractivity contribution < 1.29 is 23.8 Å². The fraction of sp³-hybridized carbons (Fsp3) is 0.719. The van der Waals surface area contributed by atoms with E-state index >= 15 is 0 Å². The lowest BCUT2D eigenvalue weighted by Gasteiger charge is -2.18. The van der Waals surface area contributed by atoms with E-state index in [4.69, 9.17) is 14.2 Å². The normalized spacial score (nSPS) is 12.9. The molecule has 62 heavy (non-hydrogen) atoms. The average Bonchev–Trinajstić information content (AvgIpc) is 3.27. The van der Waals surface area contributed by atoms with Crippen LogP contribution in [0.25, 0.3) is 0 Å². The van der Waals surface area contributed by atoms with Crippen molar-refractivity contribution in [3.8, 4) is 0 Å². The largest absolute Gasteiger partial charge is 0.462 e. The lowest BCUT2D eigenvalue weighted by atomic mass is 10.0. The molecule has 0 saturated carbocycles. The van der Waals surface area contributed by atoms with Gasteiger partial charge in [0.2, 0.25) is 0 Å². The number of unbranched alkanes of at least 4 members (excludes halogenated alkanes) is 22. The zero-order valence-corrected chi connectivity index (χ0v) is 40.9. The molecule has 0 aliphatic rings. The molecule has 356 valence electrons. The highest BCUT2D eigenvalue weighted by Crippen LogP contribution is 2.14. The second-order valence-electron chi connectivity index (χ2n) is 17.0. The van der Waals surface area contributed by atoms with Crippen LogP contribution in [-0.2, 0) is 23.8 Å². The van der Waals surface area contributed by atoms with Crippen LogP contribution in [0, 0.1) is 0 Å². The highest BCUT2D eigenvalue weighted by molar-refractivity contribution is 5.70. The van der Waals surface area contributed by atoms with E-state index in [0.717, 1.165) is 64.2 Å². The van der Waals surface area contributed by atoms with Crippen molar-refractivity contribution in [2.75, 3.05) is 19.8 Å². The molecule has 0 rings (SSSR count). The molecular formula is C57H98O5. The summed E-state index contributed by atoms with van der Waals surface area (Å²) in [5, 5.41) is 0. The molecule has 0 aliphatic carbocycles. The summed E-state index contributed by atoms with van der Waals surface area (Å²) in [6.07, 6.45) is 68.9. The van der Waals surface area contributed by atoms with Crippen LogP contribution in [0.2, 0.25) is 0 Å². The third kappa shape index (κ3) is 49.7. The topological polar surface area (TPSA) is 61.8 Å². The van der Waals surface area contributed by atoms with E-state index in [0.29, 0.717) is 25.9 Å². The monoisotopic (exact) mass is 863 g/mol. The molecule has 0 saturated heterocycles. The summed E-state index contributed by atoms with van der Waals surface area (Å²) in [5.41, 5.74) is 0. The SMILES string of the molecule is CC/C=C\C/C=C\C/C=C\C/C=C\C/C=C\C/C=C\CCC(=O)OCC(COCCCCCCCC/C=C\CCCCCC)OC(=O)CCCCCCCCCCCCCCC. The molecular weight excluding hydrogens is 765 g/mol. The van der Waals surface area contributed by atoms with E-state index in [2.05, 4.69) is 99.8 Å². The molecule has 0 bridgehead atoms. The number of rotatable bonds is 47. The summed E-state index contributed by atoms with van der Waals surface area (Å²) in [7, 11) is 0. The fourth-order valence-electron chi connectivity index (χ4n) is 7.06. The molecule has 0 amide bonds. The summed E-state index contributed by atoms with van der Waals surface area (Å²) in [5.74, 6) is -0.494. The molecule has 0 aromatic heterocycles. The maximum atomic E-state index is 12.8. The van der Waals surface area contributed by atoms with Gasteiger partial charge < -0.3 is 14.2 Å². The number of carbonyl (C=O) groups excluding carboxylic acids is 2. The van der Waals surface area contributed by atoms with Crippen molar-refractivity contribution in [1.29, 1.82) is 0 Å². The Labute approximate surface area is 384 Å². The Morgan fingerprint density at radius 1 is 0.371 bits per heavy atom. The van der Waals surface area contributed by atoms with E-state index in [9.17, 15) is 9.59 Å². The summed E-state index contributed by atoms with van der Waals surface area (Å²) in [4.78, 5) is 25.4. The van der Waals surface area contributed by atoms with Crippen molar-refractivity contribution in [3.63, 3.8) is 0 Å². The summed E-state index contributed by atoms with van der Waals surface area (Å²) in [6, 6.07) is 0. The predicted octanol–water partition coefficient (Wildman–Crippen LogP) is 17.7. The van der Waals surface area contributed by atoms with Gasteiger partial charge in [-0.2, -0.15) is 0 Å². The van der Waals surface area contributed by atoms with Gasteiger partial charge in [-0.1, -0.05) is 228 Å². The first-order valence-electron chi connectivity index (χ1n) is 26.1. The second kappa shape index (κ2) is 52.4. The van der Waals surface area contributed by atoms with E-state index in [-0.39, 0.29) is 25.2 Å². The van der Waals surface area contributed by atoms with Crippen molar-refractivity contribution >= 4 is 11.9 Å². The molecule has 0 radical (unpaired) electrons. The van der Waals surface area contributed by atoms with Crippen LogP contribution >= 0.6 is 0 Å². The lowest BCUT2D eigenvalue weighted by Crippen LogP contribution is -2.30. The zero-order chi connectivity index (χ0) is 44.9. The number of carbonyl (C=O) groups is 2. The van der Waals surface area contributed by atoms with Gasteiger partial charge in [-0.25, -0.2) is 0 Å². The van der Waals surface area contributed by atoms with Gasteiger partial charge in [0.15, 0.2) is 6.10 Å². The molecule has 0 aliphatic heterocycles. The molecule has 0 spiro atoms. The van der Waals surface area contributed by atoms with Crippen LogP contribution in [0.1, 0.15) is 239 Å². The Bertz CT molecular complexity index is 1160. The van der Waals surface area contributed by atoms with Gasteiger partial charge in [-0.3, -0.25) is 9.59 Å². The van der Waals surface area contributed by atoms with Crippen molar-refractivity contribution in [1.82, 2.24) is 0 Å². The first kappa shape index (κ1) is 59.1. The van der Waals surface area contributed by atoms with Gasteiger partial charge in [-0.15, -0.1) is 0 Å². The fourth-order valence-corrected chi connectivity index (χ4v) is 7.06. The summed E-state index contributed by atoms with van der Waals surface area (Å²) >= 11 is 0. The Kier molecular flexibility index (Phi) is 50.0. The standard InChI is InChI=1S/C57H98O5/c1-4-7-10-13-16-19-22-25-27-28-29-30-31-33-35-38-41-44-47-50-56(58)61-54-55(53-60-52-49-46-43-40-37-34-26-23-20-17-14-11-8-5-2)62-57(59)51-48-45-42-39-36-32-24-21-18-15-12-9-6-3/h7,10,16,19-20,23,25,27,29-30,33,35,41,44,55H,4-6,8-9,11-15,17-18,21-22,24,26,28,31-32,34,36-40,42-43,45-54H2,1-3H3/b10-7-,19-16-,23-20-,27-25-,30-29-,35-33-,44-41-. The maximum Gasteiger partial charge on any atom is 0.306 e. The lowest BCUT2D eigenvalue weighted by molar-refractivity contribution is -0.162. The Hall–Kier alpha value is -2.92. The van der Waals surface area contributed by atoms with Gasteiger partial charge in [-0.05, 0) is 83.5 Å². The van der Waals surface area contributed by atoms with E-state index in [1.165, 1.54) is 135 Å². The zero-order valence-electron chi connectivity index (χ0n) is 40.9. The average molecular weight is 863 g/mol. The molecule has 0 heterocycles. The Morgan fingerprint density at radius 2 is 0.758 bits per heavy atom. The van der Waals surface area contributed by atoms with Gasteiger partial charge in [0.1, 0.15) is 6.61 Å².